The first-order valence-electron chi connectivity index (χ1n) is 36.4. The predicted molar refractivity (Wildman–Crippen MR) is 305 cm³/mol. The summed E-state index contributed by atoms with van der Waals surface area (Å²) in [6, 6.07) is -18.9. The van der Waals surface area contributed by atoms with Crippen molar-refractivity contribution in [2.75, 3.05) is 14.7 Å². The monoisotopic (exact) mass is 971 g/mol. The smallest absolute Gasteiger partial charge is 0.269 e. The first-order valence-corrected chi connectivity index (χ1v) is 24.7. The van der Waals surface area contributed by atoms with Gasteiger partial charge in [-0.2, -0.15) is 0 Å². The Morgan fingerprint density at radius 1 is 0.549 bits per heavy atom. The molecule has 2 atom stereocenters. The van der Waals surface area contributed by atoms with Crippen LogP contribution in [-0.4, -0.2) is 6.71 Å². The maximum Gasteiger partial charge on any atom is 0.269 e. The highest BCUT2D eigenvalue weighted by atomic mass is 32.1. The Morgan fingerprint density at radius 3 is 1.61 bits per heavy atom. The molecule has 4 nitrogen and oxygen atoms in total. The fraction of sp³-hybridized carbons (Fsp3) is 0.292. The maximum atomic E-state index is 11.2. The molecule has 2 unspecified atom stereocenters. The van der Waals surface area contributed by atoms with E-state index in [9.17, 15) is 26.0 Å². The molecule has 0 amide bonds. The van der Waals surface area contributed by atoms with E-state index in [2.05, 4.69) is 0 Å². The fourth-order valence-electron chi connectivity index (χ4n) is 11.0. The van der Waals surface area contributed by atoms with Gasteiger partial charge in [-0.3, -0.25) is 4.90 Å². The molecular formula is C65H64BN3OS. The zero-order valence-corrected chi connectivity index (χ0v) is 42.2. The van der Waals surface area contributed by atoms with E-state index in [1.165, 1.54) is 0 Å². The van der Waals surface area contributed by atoms with E-state index >= 15 is 0 Å². The molecular weight excluding hydrogens is 882 g/mol. The zero-order valence-electron chi connectivity index (χ0n) is 66.4. The Hall–Kier alpha value is -6.50. The zero-order chi connectivity index (χ0) is 70.9. The molecule has 1 fully saturated rings. The van der Waals surface area contributed by atoms with Crippen molar-refractivity contribution in [1.82, 2.24) is 0 Å². The van der Waals surface area contributed by atoms with Crippen LogP contribution in [0.3, 0.4) is 0 Å². The molecule has 7 aromatic carbocycles. The number of hydrogen-bond acceptors (Lipinski definition) is 5. The average Bonchev–Trinajstić information content (AvgIpc) is 1.37. The molecule has 13 rings (SSSR count). The number of thiophene rings is 1. The highest BCUT2D eigenvalue weighted by molar-refractivity contribution is 7.34. The number of nitrogens with zero attached hydrogens (tertiary/aromatic N) is 3. The van der Waals surface area contributed by atoms with Crippen LogP contribution in [0.2, 0.25) is 0 Å². The summed E-state index contributed by atoms with van der Waals surface area (Å²) in [5.74, 6) is -0.426. The van der Waals surface area contributed by atoms with Crippen LogP contribution in [0.4, 0.5) is 51.4 Å². The molecule has 71 heavy (non-hydrogen) atoms. The van der Waals surface area contributed by atoms with Gasteiger partial charge in [-0.25, -0.2) is 0 Å². The van der Waals surface area contributed by atoms with E-state index in [-0.39, 0.29) is 83.3 Å². The topological polar surface area (TPSA) is 22.9 Å². The van der Waals surface area contributed by atoms with Gasteiger partial charge in [0.05, 0.1) is 45.6 Å². The van der Waals surface area contributed by atoms with Gasteiger partial charge in [-0.1, -0.05) is 143 Å². The van der Waals surface area contributed by atoms with Gasteiger partial charge in [0, 0.05) is 59.8 Å². The van der Waals surface area contributed by atoms with Crippen molar-refractivity contribution in [2.45, 2.75) is 122 Å². The molecule has 0 saturated heterocycles. The minimum Gasteiger partial charge on any atom is -0.440 e. The lowest BCUT2D eigenvalue weighted by atomic mass is 9.36. The number of benzene rings is 7. The van der Waals surface area contributed by atoms with E-state index in [4.69, 9.17) is 12.6 Å². The van der Waals surface area contributed by atoms with Crippen LogP contribution in [0, 0.1) is 0 Å². The lowest BCUT2D eigenvalue weighted by Gasteiger charge is -2.42. The SMILES string of the molecule is [2H]c1c([2H])c([2H])c(N(c2c([2H])c([2H])c([2H])c([2H])c2[2H])c2c([2H])c3c4c(c2[2H])N(c2c([2H])c([2H])c(C(C)(C)C)c([2H])c2[2H])c2c(sc5c([2H])c([2H])c(C(C)(C)C)c([2H])c25)B4c2c(oc4c([2H])c5c(c([2H])c24)C2(C)CCC5(C)C2)N3c2c([2H])c([2H])c(C(C)(C)C)c([2H])c2[2H])c([2H])c1[2H]. The third kappa shape index (κ3) is 6.69. The molecule has 2 bridgehead atoms. The Balaban J connectivity index is 1.39. The second-order valence-electron chi connectivity index (χ2n) is 22.9. The molecule has 1 saturated carbocycles. The number of anilines is 9. The Kier molecular flexibility index (Phi) is 5.34. The molecule has 2 aliphatic carbocycles. The van der Waals surface area contributed by atoms with Gasteiger partial charge in [-0.15, -0.1) is 11.3 Å². The van der Waals surface area contributed by atoms with Crippen molar-refractivity contribution in [3.63, 3.8) is 0 Å². The Morgan fingerprint density at radius 2 is 1.06 bits per heavy atom. The van der Waals surface area contributed by atoms with Gasteiger partial charge in [0.2, 0.25) is 5.88 Å². The Bertz CT molecular complexity index is 4950. The molecule has 4 aliphatic rings. The second-order valence-corrected chi connectivity index (χ2v) is 23.9. The summed E-state index contributed by atoms with van der Waals surface area (Å²) in [5.41, 5.74) is -9.61. The predicted octanol–water partition coefficient (Wildman–Crippen LogP) is 16.8. The third-order valence-electron chi connectivity index (χ3n) is 14.6. The molecule has 0 radical (unpaired) electrons. The minimum atomic E-state index is -1.61. The van der Waals surface area contributed by atoms with Gasteiger partial charge < -0.3 is 14.2 Å². The van der Waals surface area contributed by atoms with Gasteiger partial charge >= 0.3 is 0 Å². The van der Waals surface area contributed by atoms with Crippen LogP contribution in [-0.2, 0) is 27.1 Å². The Labute approximate surface area is 460 Å². The number of hydrogen-bond donors (Lipinski definition) is 0. The summed E-state index contributed by atoms with van der Waals surface area (Å²) in [7, 11) is 0. The lowest BCUT2D eigenvalue weighted by molar-refractivity contribution is 0.483. The highest BCUT2D eigenvalue weighted by Crippen LogP contribution is 2.62. The number of para-hydroxylation sites is 2. The fourth-order valence-corrected chi connectivity index (χ4v) is 12.2. The highest BCUT2D eigenvalue weighted by Gasteiger charge is 2.54. The summed E-state index contributed by atoms with van der Waals surface area (Å²) in [4.78, 5) is 2.76. The molecule has 9 aromatic rings. The average molecular weight is 971 g/mol. The number of furan rings is 1. The van der Waals surface area contributed by atoms with Crippen LogP contribution in [0.15, 0.2) is 155 Å². The molecule has 4 heterocycles. The van der Waals surface area contributed by atoms with E-state index in [0.29, 0.717) is 35.3 Å². The van der Waals surface area contributed by atoms with Crippen molar-refractivity contribution < 1.29 is 38.7 Å². The standard InChI is InChI=1S/C65H64BN3OS/c1-61(2,3)40-22-27-45(28-23-40)68-52-35-47(67(43-18-14-12-15-19-43)44-20-16-13-17-21-44)36-53-57(52)66(59-58(68)49-34-42(63(7,8)9)26-31-55(49)71-59)56-48-37-50-51(65(11)33-32-64(50,10)39-65)38-54(48)70-60(56)69(53)46-29-24-41(25-30-46)62(4,5)6/h12-31,34-38H,32-33,39H2,1-11H3/i12D,13D,14D,15D,16D,17D,18D,19D,20D,21D,22D,23D,24D,25D,26D,27D,28D,29D,30D,31D,34D,35D,36D,37D,38D. The van der Waals surface area contributed by atoms with Crippen LogP contribution in [0.5, 0.6) is 0 Å². The van der Waals surface area contributed by atoms with E-state index in [0.717, 1.165) is 21.1 Å². The third-order valence-corrected chi connectivity index (χ3v) is 15.8. The van der Waals surface area contributed by atoms with Gasteiger partial charge in [0.25, 0.3) is 6.71 Å². The molecule has 6 heteroatoms. The summed E-state index contributed by atoms with van der Waals surface area (Å²) < 4.78 is 253. The number of rotatable bonds is 5. The summed E-state index contributed by atoms with van der Waals surface area (Å²) >= 11 is 0.868. The van der Waals surface area contributed by atoms with Crippen LogP contribution < -0.4 is 30.4 Å². The summed E-state index contributed by atoms with van der Waals surface area (Å²) in [6.07, 6.45) is 1.83. The van der Waals surface area contributed by atoms with Crippen LogP contribution in [0.25, 0.3) is 21.1 Å². The van der Waals surface area contributed by atoms with Crippen molar-refractivity contribution in [3.05, 3.63) is 179 Å². The van der Waals surface area contributed by atoms with Gasteiger partial charge in [0.15, 0.2) is 0 Å². The molecule has 0 N–H and O–H groups in total. The molecule has 2 aromatic heterocycles. The maximum absolute atomic E-state index is 11.2. The normalized spacial score (nSPS) is 24.0. The largest absolute Gasteiger partial charge is 0.440 e. The van der Waals surface area contributed by atoms with Crippen LogP contribution >= 0.6 is 11.3 Å². The second kappa shape index (κ2) is 15.0. The summed E-state index contributed by atoms with van der Waals surface area (Å²) in [6.45, 7) is 17.7. The number of fused-ring (bicyclic) bond motifs is 13. The van der Waals surface area contributed by atoms with Crippen molar-refractivity contribution in [3.8, 4) is 0 Å². The quantitative estimate of drug-likeness (QED) is 0.160. The molecule has 354 valence electrons. The molecule has 0 spiro atoms. The summed E-state index contributed by atoms with van der Waals surface area (Å²) in [5, 5.41) is -0.125. The minimum absolute atomic E-state index is 0.00860. The van der Waals surface area contributed by atoms with E-state index < -0.39 is 206 Å². The van der Waals surface area contributed by atoms with Crippen molar-refractivity contribution in [2.24, 2.45) is 0 Å². The van der Waals surface area contributed by atoms with Crippen molar-refractivity contribution >= 4 is 106 Å². The van der Waals surface area contributed by atoms with Gasteiger partial charge in [-0.05, 0) is 164 Å². The lowest BCUT2D eigenvalue weighted by Crippen LogP contribution is -2.60. The van der Waals surface area contributed by atoms with E-state index in [1.807, 2.05) is 13.8 Å². The molecule has 2 aliphatic heterocycles. The first kappa shape index (κ1) is 25.2. The van der Waals surface area contributed by atoms with Crippen molar-refractivity contribution in [1.29, 1.82) is 0 Å². The van der Waals surface area contributed by atoms with Gasteiger partial charge in [0.1, 0.15) is 5.58 Å². The van der Waals surface area contributed by atoms with Crippen LogP contribution in [0.1, 0.15) is 158 Å². The van der Waals surface area contributed by atoms with E-state index in [1.54, 1.807) is 62.3 Å². The first-order chi connectivity index (χ1) is 44.3.